The monoisotopic (exact) mass is 307 g/mol. The van der Waals surface area contributed by atoms with E-state index in [1.54, 1.807) is 24.3 Å². The quantitative estimate of drug-likeness (QED) is 0.791. The molecule has 1 aromatic rings. The molecule has 21 heavy (non-hydrogen) atoms. The number of nitrogens with two attached hydrogens (primary N) is 1. The first kappa shape index (κ1) is 16.0. The van der Waals surface area contributed by atoms with Gasteiger partial charge in [0.2, 0.25) is 10.0 Å². The van der Waals surface area contributed by atoms with Crippen LogP contribution >= 0.6 is 0 Å². The lowest BCUT2D eigenvalue weighted by molar-refractivity contribution is 0.248. The van der Waals surface area contributed by atoms with Crippen LogP contribution in [0.4, 0.5) is 0 Å². The summed E-state index contributed by atoms with van der Waals surface area (Å²) in [5, 5.41) is 0. The maximum Gasteiger partial charge on any atom is 0.240 e. The van der Waals surface area contributed by atoms with E-state index in [4.69, 9.17) is 5.73 Å². The molecule has 1 aliphatic rings. The van der Waals surface area contributed by atoms with Crippen molar-refractivity contribution in [3.8, 4) is 11.8 Å². The summed E-state index contributed by atoms with van der Waals surface area (Å²) >= 11 is 0. The summed E-state index contributed by atoms with van der Waals surface area (Å²) in [6, 6.07) is 6.65. The lowest BCUT2D eigenvalue weighted by atomic mass is 10.1. The molecule has 114 valence electrons. The molecule has 1 saturated heterocycles. The van der Waals surface area contributed by atoms with Gasteiger partial charge < -0.3 is 10.6 Å². The third kappa shape index (κ3) is 4.55. The van der Waals surface area contributed by atoms with Crippen LogP contribution in [0.5, 0.6) is 0 Å². The number of nitrogens with one attached hydrogen (secondary N) is 1. The molecule has 1 aliphatic heterocycles. The van der Waals surface area contributed by atoms with Crippen LogP contribution in [0, 0.1) is 11.8 Å². The minimum absolute atomic E-state index is 0.00461. The molecule has 3 N–H and O–H groups in total. The molecule has 1 heterocycles. The van der Waals surface area contributed by atoms with Gasteiger partial charge in [-0.15, -0.1) is 0 Å². The van der Waals surface area contributed by atoms with Crippen molar-refractivity contribution in [3.05, 3.63) is 29.8 Å². The molecule has 1 aromatic carbocycles. The lowest BCUT2D eigenvalue weighted by Gasteiger charge is -2.29. The van der Waals surface area contributed by atoms with Crippen molar-refractivity contribution < 1.29 is 8.42 Å². The van der Waals surface area contributed by atoms with E-state index < -0.39 is 10.0 Å². The summed E-state index contributed by atoms with van der Waals surface area (Å²) < 4.78 is 27.6. The van der Waals surface area contributed by atoms with Gasteiger partial charge in [-0.25, -0.2) is 13.1 Å². The molecule has 1 fully saturated rings. The minimum Gasteiger partial charge on any atom is -0.320 e. The van der Waals surface area contributed by atoms with E-state index in [0.717, 1.165) is 25.9 Å². The molecular weight excluding hydrogens is 286 g/mol. The summed E-state index contributed by atoms with van der Waals surface area (Å²) in [6.45, 7) is 2.08. The van der Waals surface area contributed by atoms with Crippen molar-refractivity contribution in [2.24, 2.45) is 5.73 Å². The number of likely N-dealkylation sites (tertiary alicyclic amines) is 1. The highest BCUT2D eigenvalue weighted by Gasteiger charge is 2.23. The van der Waals surface area contributed by atoms with Gasteiger partial charge >= 0.3 is 0 Å². The summed E-state index contributed by atoms with van der Waals surface area (Å²) in [5.41, 5.74) is 5.99. The molecule has 0 atom stereocenters. The van der Waals surface area contributed by atoms with Gasteiger partial charge in [0, 0.05) is 11.6 Å². The van der Waals surface area contributed by atoms with Gasteiger partial charge in [-0.1, -0.05) is 17.9 Å². The van der Waals surface area contributed by atoms with Crippen molar-refractivity contribution in [1.29, 1.82) is 0 Å². The average Bonchev–Trinajstić information content (AvgIpc) is 2.48. The SMILES string of the molecule is CN1CCC(NS(=O)(=O)c2cccc(C#CCN)c2)CC1. The molecule has 0 unspecified atom stereocenters. The Labute approximate surface area is 126 Å². The van der Waals surface area contributed by atoms with Gasteiger partial charge in [0.15, 0.2) is 0 Å². The number of piperidine rings is 1. The number of hydrogen-bond donors (Lipinski definition) is 2. The topological polar surface area (TPSA) is 75.4 Å². The molecular formula is C15H21N3O2S. The van der Waals surface area contributed by atoms with Crippen LogP contribution < -0.4 is 10.5 Å². The van der Waals surface area contributed by atoms with Gasteiger partial charge in [0.25, 0.3) is 0 Å². The standard InChI is InChI=1S/C15H21N3O2S/c1-18-10-7-14(8-11-18)17-21(19,20)15-6-2-4-13(12-15)5-3-9-16/h2,4,6,12,14,17H,7-11,16H2,1H3. The molecule has 0 saturated carbocycles. The van der Waals surface area contributed by atoms with Crippen LogP contribution in [0.2, 0.25) is 0 Å². The van der Waals surface area contributed by atoms with Crippen molar-refractivity contribution >= 4 is 10.0 Å². The Morgan fingerprint density at radius 3 is 2.76 bits per heavy atom. The highest BCUT2D eigenvalue weighted by atomic mass is 32.2. The molecule has 5 nitrogen and oxygen atoms in total. The Bertz CT molecular complexity index is 638. The number of rotatable bonds is 3. The average molecular weight is 307 g/mol. The Morgan fingerprint density at radius 2 is 2.10 bits per heavy atom. The fraction of sp³-hybridized carbons (Fsp3) is 0.467. The molecule has 0 bridgehead atoms. The van der Waals surface area contributed by atoms with Gasteiger partial charge in [-0.05, 0) is 51.2 Å². The van der Waals surface area contributed by atoms with Crippen LogP contribution in [0.15, 0.2) is 29.2 Å². The summed E-state index contributed by atoms with van der Waals surface area (Å²) in [5.74, 6) is 5.58. The van der Waals surface area contributed by atoms with Crippen molar-refractivity contribution in [2.45, 2.75) is 23.8 Å². The van der Waals surface area contributed by atoms with E-state index in [1.165, 1.54) is 0 Å². The summed E-state index contributed by atoms with van der Waals surface area (Å²) in [4.78, 5) is 2.46. The van der Waals surface area contributed by atoms with Crippen LogP contribution in [0.1, 0.15) is 18.4 Å². The first-order valence-electron chi connectivity index (χ1n) is 7.01. The Balaban J connectivity index is 2.12. The molecule has 0 radical (unpaired) electrons. The normalized spacial score (nSPS) is 17.2. The maximum atomic E-state index is 12.4. The summed E-state index contributed by atoms with van der Waals surface area (Å²) in [6.07, 6.45) is 1.67. The third-order valence-electron chi connectivity index (χ3n) is 3.52. The maximum absolute atomic E-state index is 12.4. The van der Waals surface area contributed by atoms with Gasteiger partial charge in [-0.2, -0.15) is 0 Å². The Morgan fingerprint density at radius 1 is 1.38 bits per heavy atom. The van der Waals surface area contributed by atoms with Crippen LogP contribution in [0.25, 0.3) is 0 Å². The fourth-order valence-electron chi connectivity index (χ4n) is 2.31. The number of nitrogens with zero attached hydrogens (tertiary/aromatic N) is 1. The largest absolute Gasteiger partial charge is 0.320 e. The molecule has 0 aromatic heterocycles. The molecule has 6 heteroatoms. The number of sulfonamides is 1. The number of hydrogen-bond acceptors (Lipinski definition) is 4. The predicted molar refractivity (Wildman–Crippen MR) is 83.2 cm³/mol. The van der Waals surface area contributed by atoms with Crippen LogP contribution in [-0.2, 0) is 10.0 Å². The van der Waals surface area contributed by atoms with E-state index in [0.29, 0.717) is 5.56 Å². The lowest BCUT2D eigenvalue weighted by Crippen LogP contribution is -2.43. The second-order valence-corrected chi connectivity index (χ2v) is 6.95. The van der Waals surface area contributed by atoms with E-state index in [1.807, 2.05) is 7.05 Å². The second-order valence-electron chi connectivity index (χ2n) is 5.23. The van der Waals surface area contributed by atoms with Gasteiger partial charge in [0.1, 0.15) is 0 Å². The van der Waals surface area contributed by atoms with Crippen molar-refractivity contribution in [3.63, 3.8) is 0 Å². The van der Waals surface area contributed by atoms with E-state index >= 15 is 0 Å². The third-order valence-corrected chi connectivity index (χ3v) is 5.04. The highest BCUT2D eigenvalue weighted by molar-refractivity contribution is 7.89. The van der Waals surface area contributed by atoms with Crippen LogP contribution in [0.3, 0.4) is 0 Å². The van der Waals surface area contributed by atoms with Crippen molar-refractivity contribution in [2.75, 3.05) is 26.7 Å². The molecule has 2 rings (SSSR count). The predicted octanol–water partition coefficient (Wildman–Crippen LogP) is 0.369. The molecule has 0 spiro atoms. The molecule has 0 amide bonds. The zero-order chi connectivity index (χ0) is 15.3. The fourth-order valence-corrected chi connectivity index (χ4v) is 3.66. The highest BCUT2D eigenvalue weighted by Crippen LogP contribution is 2.15. The zero-order valence-electron chi connectivity index (χ0n) is 12.2. The van der Waals surface area contributed by atoms with Gasteiger partial charge in [-0.3, -0.25) is 0 Å². The van der Waals surface area contributed by atoms with E-state index in [-0.39, 0.29) is 17.5 Å². The second kappa shape index (κ2) is 7.05. The Hall–Kier alpha value is -1.39. The first-order chi connectivity index (χ1) is 10.0. The number of benzene rings is 1. The van der Waals surface area contributed by atoms with E-state index in [2.05, 4.69) is 21.5 Å². The first-order valence-corrected chi connectivity index (χ1v) is 8.49. The van der Waals surface area contributed by atoms with Crippen LogP contribution in [-0.4, -0.2) is 46.0 Å². The van der Waals surface area contributed by atoms with E-state index in [9.17, 15) is 8.42 Å². The summed E-state index contributed by atoms with van der Waals surface area (Å²) in [7, 11) is -1.45. The van der Waals surface area contributed by atoms with Crippen molar-refractivity contribution in [1.82, 2.24) is 9.62 Å². The smallest absolute Gasteiger partial charge is 0.240 e. The zero-order valence-corrected chi connectivity index (χ0v) is 13.0. The minimum atomic E-state index is -3.49. The van der Waals surface area contributed by atoms with Gasteiger partial charge in [0.05, 0.1) is 11.4 Å². The Kier molecular flexibility index (Phi) is 5.37. The molecule has 0 aliphatic carbocycles.